The summed E-state index contributed by atoms with van der Waals surface area (Å²) in [6, 6.07) is 14.3. The second kappa shape index (κ2) is 12.7. The van der Waals surface area contributed by atoms with E-state index in [4.69, 9.17) is 18.9 Å². The van der Waals surface area contributed by atoms with E-state index in [1.54, 1.807) is 16.7 Å². The lowest BCUT2D eigenvalue weighted by molar-refractivity contribution is -0.199. The van der Waals surface area contributed by atoms with Crippen LogP contribution in [0.1, 0.15) is 129 Å². The van der Waals surface area contributed by atoms with Crippen molar-refractivity contribution in [3.63, 3.8) is 0 Å². The predicted octanol–water partition coefficient (Wildman–Crippen LogP) is 9.94. The van der Waals surface area contributed by atoms with Gasteiger partial charge in [0, 0.05) is 30.5 Å². The molecule has 0 N–H and O–H groups in total. The first-order valence-electron chi connectivity index (χ1n) is 18.2. The van der Waals surface area contributed by atoms with Gasteiger partial charge in [-0.25, -0.2) is 0 Å². The van der Waals surface area contributed by atoms with E-state index >= 15 is 0 Å². The van der Waals surface area contributed by atoms with E-state index in [1.165, 1.54) is 74.5 Å². The number of halogens is 1. The van der Waals surface area contributed by atoms with Gasteiger partial charge in [-0.15, -0.1) is 0 Å². The van der Waals surface area contributed by atoms with Crippen LogP contribution in [0.5, 0.6) is 0 Å². The maximum atomic E-state index is 6.06. The molecule has 0 aromatic heterocycles. The largest absolute Gasteiger partial charge is 0.348 e. The molecule has 2 saturated carbocycles. The highest BCUT2D eigenvalue weighted by molar-refractivity contribution is 9.09. The third kappa shape index (κ3) is 5.69. The Bertz CT molecular complexity index is 1360. The van der Waals surface area contributed by atoms with Crippen LogP contribution in [0.4, 0.5) is 0 Å². The summed E-state index contributed by atoms with van der Waals surface area (Å²) in [7, 11) is 0. The van der Waals surface area contributed by atoms with Crippen molar-refractivity contribution in [1.29, 1.82) is 0 Å². The summed E-state index contributed by atoms with van der Waals surface area (Å²) >= 11 is 3.97. The molecule has 2 aromatic rings. The number of alkyl halides is 1. The van der Waals surface area contributed by atoms with Crippen molar-refractivity contribution in [3.8, 4) is 0 Å². The van der Waals surface area contributed by atoms with Crippen molar-refractivity contribution in [2.45, 2.75) is 138 Å². The minimum Gasteiger partial charge on any atom is -0.348 e. The SMILES string of the molecule is CC[C@@]12CCC3(C[C@@H]1CCC(Br)c1cc(C)ccc12)OCCO3.CC[C@@]12CCC3(C[C@@H]1CCCc1cc(C)ccc12)OCCO3. The van der Waals surface area contributed by atoms with E-state index in [0.29, 0.717) is 27.5 Å². The normalized spacial score (nSPS) is 34.5. The lowest BCUT2D eigenvalue weighted by Gasteiger charge is -2.49. The molecular weight excluding hydrogens is 624 g/mol. The van der Waals surface area contributed by atoms with Gasteiger partial charge >= 0.3 is 0 Å². The Kier molecular flexibility index (Phi) is 9.09. The highest BCUT2D eigenvalue weighted by Gasteiger charge is 2.54. The van der Waals surface area contributed by atoms with Crippen molar-refractivity contribution in [2.75, 3.05) is 26.4 Å². The van der Waals surface area contributed by atoms with Crippen molar-refractivity contribution >= 4 is 15.9 Å². The third-order valence-corrected chi connectivity index (χ3v) is 14.1. The van der Waals surface area contributed by atoms with Crippen LogP contribution in [0.15, 0.2) is 36.4 Å². The maximum absolute atomic E-state index is 6.06. The van der Waals surface area contributed by atoms with Crippen molar-refractivity contribution in [1.82, 2.24) is 0 Å². The highest BCUT2D eigenvalue weighted by Crippen LogP contribution is 2.58. The monoisotopic (exact) mass is 678 g/mol. The second-order valence-electron chi connectivity index (χ2n) is 15.2. The Labute approximate surface area is 280 Å². The van der Waals surface area contributed by atoms with Gasteiger partial charge in [0.1, 0.15) is 0 Å². The van der Waals surface area contributed by atoms with Crippen molar-refractivity contribution in [3.05, 3.63) is 69.8 Å². The van der Waals surface area contributed by atoms with Gasteiger partial charge in [0.15, 0.2) is 11.6 Å². The van der Waals surface area contributed by atoms with Gasteiger partial charge in [0.25, 0.3) is 0 Å². The summed E-state index contributed by atoms with van der Waals surface area (Å²) in [5.41, 5.74) is 9.77. The molecule has 0 amide bonds. The zero-order chi connectivity index (χ0) is 31.3. The van der Waals surface area contributed by atoms with Gasteiger partial charge in [-0.05, 0) is 117 Å². The Morgan fingerprint density at radius 3 is 1.80 bits per heavy atom. The van der Waals surface area contributed by atoms with Crippen LogP contribution in [-0.4, -0.2) is 38.0 Å². The number of benzene rings is 2. The summed E-state index contributed by atoms with van der Waals surface area (Å²) in [4.78, 5) is 0.479. The molecule has 8 rings (SSSR count). The standard InChI is InChI=1S/C20H27BrO2.C20H28O2/c1-3-19-8-9-20(22-10-11-23-20)13-15(19)5-7-18(21)16-12-14(2)4-6-17(16)19;1-3-19-9-10-20(21-11-12-22-20)14-17(19)6-4-5-16-13-15(2)7-8-18(16)19/h4,6,12,15,18H,3,5,7-11,13H2,1-2H3;7-8,13,17H,3-6,9-12,14H2,1-2H3/t15-,18?,19+;17-,19+/m00/s1. The van der Waals surface area contributed by atoms with E-state index in [0.717, 1.165) is 52.1 Å². The lowest BCUT2D eigenvalue weighted by atomic mass is 9.59. The van der Waals surface area contributed by atoms with Crippen LogP contribution in [-0.2, 0) is 36.2 Å². The molecule has 2 aromatic carbocycles. The molecular formula is C40H55BrO4. The minimum absolute atomic E-state index is 0.251. The van der Waals surface area contributed by atoms with E-state index in [2.05, 4.69) is 80.0 Å². The van der Waals surface area contributed by atoms with E-state index in [9.17, 15) is 0 Å². The number of fused-ring (bicyclic) bond motifs is 6. The van der Waals surface area contributed by atoms with Crippen LogP contribution >= 0.6 is 15.9 Å². The molecule has 2 saturated heterocycles. The summed E-state index contributed by atoms with van der Waals surface area (Å²) in [6.45, 7) is 12.3. The van der Waals surface area contributed by atoms with Gasteiger partial charge in [-0.3, -0.25) is 0 Å². The van der Waals surface area contributed by atoms with Crippen LogP contribution in [0.25, 0.3) is 0 Å². The topological polar surface area (TPSA) is 36.9 Å². The quantitative estimate of drug-likeness (QED) is 0.296. The molecule has 246 valence electrons. The summed E-state index contributed by atoms with van der Waals surface area (Å²) in [5.74, 6) is 0.829. The molecule has 0 bridgehead atoms. The van der Waals surface area contributed by atoms with E-state index in [-0.39, 0.29) is 11.6 Å². The first-order chi connectivity index (χ1) is 21.8. The molecule has 1 unspecified atom stereocenters. The number of hydrogen-bond acceptors (Lipinski definition) is 4. The first-order valence-corrected chi connectivity index (χ1v) is 19.1. The maximum Gasteiger partial charge on any atom is 0.168 e. The Balaban J connectivity index is 0.000000145. The van der Waals surface area contributed by atoms with Crippen LogP contribution in [0.2, 0.25) is 0 Å². The van der Waals surface area contributed by atoms with E-state index in [1.807, 2.05) is 0 Å². The van der Waals surface area contributed by atoms with Crippen LogP contribution in [0, 0.1) is 25.7 Å². The lowest BCUT2D eigenvalue weighted by Crippen LogP contribution is -2.48. The smallest absolute Gasteiger partial charge is 0.168 e. The Morgan fingerprint density at radius 1 is 0.667 bits per heavy atom. The van der Waals surface area contributed by atoms with Crippen molar-refractivity contribution in [2.24, 2.45) is 11.8 Å². The van der Waals surface area contributed by atoms with Gasteiger partial charge in [0.05, 0.1) is 26.4 Å². The fourth-order valence-electron chi connectivity index (χ4n) is 10.7. The number of rotatable bonds is 2. The average Bonchev–Trinajstić information content (AvgIpc) is 3.65. The zero-order valence-electron chi connectivity index (χ0n) is 28.2. The number of aryl methyl sites for hydroxylation is 3. The van der Waals surface area contributed by atoms with E-state index < -0.39 is 0 Å². The number of hydrogen-bond donors (Lipinski definition) is 0. The molecule has 2 heterocycles. The molecule has 4 aliphatic carbocycles. The minimum atomic E-state index is -0.277. The fraction of sp³-hybridized carbons (Fsp3) is 0.700. The van der Waals surface area contributed by atoms with Gasteiger partial charge in [-0.2, -0.15) is 0 Å². The third-order valence-electron chi connectivity index (χ3n) is 13.1. The van der Waals surface area contributed by atoms with Gasteiger partial charge in [0.2, 0.25) is 0 Å². The highest BCUT2D eigenvalue weighted by atomic mass is 79.9. The summed E-state index contributed by atoms with van der Waals surface area (Å²) in [6.07, 6.45) is 15.4. The molecule has 2 spiro atoms. The molecule has 2 aliphatic heterocycles. The molecule has 6 aliphatic rings. The Morgan fingerprint density at radius 2 is 1.20 bits per heavy atom. The van der Waals surface area contributed by atoms with Crippen molar-refractivity contribution < 1.29 is 18.9 Å². The molecule has 5 heteroatoms. The molecule has 5 atom stereocenters. The Hall–Kier alpha value is -1.24. The predicted molar refractivity (Wildman–Crippen MR) is 184 cm³/mol. The van der Waals surface area contributed by atoms with Gasteiger partial charge < -0.3 is 18.9 Å². The average molecular weight is 680 g/mol. The molecule has 45 heavy (non-hydrogen) atoms. The first kappa shape index (κ1) is 32.3. The van der Waals surface area contributed by atoms with Crippen LogP contribution < -0.4 is 0 Å². The fourth-order valence-corrected chi connectivity index (χ4v) is 11.4. The second-order valence-corrected chi connectivity index (χ2v) is 16.3. The van der Waals surface area contributed by atoms with Crippen LogP contribution in [0.3, 0.4) is 0 Å². The number of ether oxygens (including phenoxy) is 4. The summed E-state index contributed by atoms with van der Waals surface area (Å²) in [5, 5.41) is 0. The molecule has 4 fully saturated rings. The molecule has 0 radical (unpaired) electrons. The zero-order valence-corrected chi connectivity index (χ0v) is 29.8. The van der Waals surface area contributed by atoms with Gasteiger partial charge in [-0.1, -0.05) is 77.3 Å². The molecule has 4 nitrogen and oxygen atoms in total. The summed E-state index contributed by atoms with van der Waals surface area (Å²) < 4.78 is 24.2.